The van der Waals surface area contributed by atoms with E-state index in [1.165, 1.54) is 0 Å². The Balaban J connectivity index is 2.85. The average Bonchev–Trinajstić information content (AvgIpc) is 1.91. The lowest BCUT2D eigenvalue weighted by molar-refractivity contribution is 1.30. The zero-order valence-electron chi connectivity index (χ0n) is 4.82. The van der Waals surface area contributed by atoms with E-state index in [0.717, 1.165) is 5.69 Å². The van der Waals surface area contributed by atoms with Gasteiger partial charge in [-0.3, -0.25) is 4.98 Å². The van der Waals surface area contributed by atoms with Crippen LogP contribution in [0.1, 0.15) is 5.69 Å². The Labute approximate surface area is 59.8 Å². The Morgan fingerprint density at radius 3 is 2.89 bits per heavy atom. The normalized spacial score (nSPS) is 10.2. The van der Waals surface area contributed by atoms with Crippen LogP contribution in [-0.2, 0) is 0 Å². The standard InChI is InChI=1S/C7H6NS/c9-6-4-7-3-1-2-5-8-7/h1-6H. The van der Waals surface area contributed by atoms with E-state index in [9.17, 15) is 0 Å². The highest BCUT2D eigenvalue weighted by atomic mass is 32.1. The van der Waals surface area contributed by atoms with Gasteiger partial charge in [0.15, 0.2) is 0 Å². The lowest BCUT2D eigenvalue weighted by atomic mass is 10.3. The molecule has 0 N–H and O–H groups in total. The number of aromatic nitrogens is 1. The Kier molecular flexibility index (Phi) is 2.22. The Morgan fingerprint density at radius 2 is 2.33 bits per heavy atom. The van der Waals surface area contributed by atoms with E-state index in [1.54, 1.807) is 17.7 Å². The molecule has 0 aliphatic rings. The maximum absolute atomic E-state index is 4.61. The number of hydrogen-bond acceptors (Lipinski definition) is 1. The van der Waals surface area contributed by atoms with Crippen molar-refractivity contribution >= 4 is 18.7 Å². The molecule has 9 heavy (non-hydrogen) atoms. The summed E-state index contributed by atoms with van der Waals surface area (Å²) in [6.45, 7) is 0. The second kappa shape index (κ2) is 3.20. The van der Waals surface area contributed by atoms with E-state index in [2.05, 4.69) is 17.6 Å². The van der Waals surface area contributed by atoms with E-state index >= 15 is 0 Å². The van der Waals surface area contributed by atoms with Gasteiger partial charge in [-0.25, -0.2) is 0 Å². The zero-order chi connectivity index (χ0) is 6.53. The van der Waals surface area contributed by atoms with Crippen LogP contribution in [0.25, 0.3) is 6.08 Å². The largest absolute Gasteiger partial charge is 0.257 e. The van der Waals surface area contributed by atoms with Gasteiger partial charge in [0, 0.05) is 11.6 Å². The summed E-state index contributed by atoms with van der Waals surface area (Å²) >= 11 is 4.61. The van der Waals surface area contributed by atoms with Crippen molar-refractivity contribution in [3.05, 3.63) is 35.5 Å². The molecule has 1 aromatic rings. The summed E-state index contributed by atoms with van der Waals surface area (Å²) in [6, 6.07) is 5.71. The predicted molar refractivity (Wildman–Crippen MR) is 40.9 cm³/mol. The van der Waals surface area contributed by atoms with E-state index in [-0.39, 0.29) is 0 Å². The van der Waals surface area contributed by atoms with Crippen LogP contribution in [0.2, 0.25) is 0 Å². The number of hydrogen-bond donors (Lipinski definition) is 0. The Hall–Kier alpha value is -0.890. The first kappa shape index (κ1) is 6.23. The van der Waals surface area contributed by atoms with Gasteiger partial charge in [-0.15, -0.1) is 0 Å². The molecule has 0 aromatic carbocycles. The summed E-state index contributed by atoms with van der Waals surface area (Å²) in [6.07, 6.45) is 3.53. The van der Waals surface area contributed by atoms with Gasteiger partial charge >= 0.3 is 0 Å². The van der Waals surface area contributed by atoms with Crippen molar-refractivity contribution in [3.63, 3.8) is 0 Å². The highest BCUT2D eigenvalue weighted by Gasteiger charge is 1.79. The van der Waals surface area contributed by atoms with Gasteiger partial charge in [0.05, 0.1) is 5.69 Å². The topological polar surface area (TPSA) is 12.9 Å². The highest BCUT2D eigenvalue weighted by molar-refractivity contribution is 7.83. The maximum atomic E-state index is 4.61. The fourth-order valence-corrected chi connectivity index (χ4v) is 0.684. The van der Waals surface area contributed by atoms with Crippen molar-refractivity contribution in [1.29, 1.82) is 0 Å². The highest BCUT2D eigenvalue weighted by Crippen LogP contribution is 1.95. The third-order valence-corrected chi connectivity index (χ3v) is 1.06. The third-order valence-electron chi connectivity index (χ3n) is 0.927. The summed E-state index contributed by atoms with van der Waals surface area (Å²) in [5.74, 6) is 0. The minimum absolute atomic E-state index is 0.910. The SMILES string of the molecule is [S]C=Cc1ccccn1. The van der Waals surface area contributed by atoms with E-state index in [4.69, 9.17) is 0 Å². The van der Waals surface area contributed by atoms with Crippen LogP contribution in [0.4, 0.5) is 0 Å². The van der Waals surface area contributed by atoms with Crippen molar-refractivity contribution in [3.8, 4) is 0 Å². The molecule has 45 valence electrons. The molecular weight excluding hydrogens is 130 g/mol. The van der Waals surface area contributed by atoms with E-state index in [1.807, 2.05) is 18.2 Å². The van der Waals surface area contributed by atoms with Crippen LogP contribution in [-0.4, -0.2) is 4.98 Å². The fraction of sp³-hybridized carbons (Fsp3) is 0. The second-order valence-corrected chi connectivity index (χ2v) is 1.83. The average molecular weight is 136 g/mol. The molecule has 2 heteroatoms. The first-order valence-corrected chi connectivity index (χ1v) is 3.10. The minimum atomic E-state index is 0.910. The summed E-state index contributed by atoms with van der Waals surface area (Å²) in [4.78, 5) is 4.01. The number of nitrogens with zero attached hydrogens (tertiary/aromatic N) is 1. The van der Waals surface area contributed by atoms with E-state index < -0.39 is 0 Å². The zero-order valence-corrected chi connectivity index (χ0v) is 5.64. The first-order valence-electron chi connectivity index (χ1n) is 2.63. The second-order valence-electron chi connectivity index (χ2n) is 1.56. The van der Waals surface area contributed by atoms with Crippen LogP contribution in [0.3, 0.4) is 0 Å². The van der Waals surface area contributed by atoms with E-state index in [0.29, 0.717) is 0 Å². The monoisotopic (exact) mass is 136 g/mol. The predicted octanol–water partition coefficient (Wildman–Crippen LogP) is 2.25. The molecule has 0 unspecified atom stereocenters. The van der Waals surface area contributed by atoms with Crippen LogP contribution in [0, 0.1) is 0 Å². The molecule has 1 aromatic heterocycles. The quantitative estimate of drug-likeness (QED) is 0.577. The van der Waals surface area contributed by atoms with Crippen LogP contribution in [0.15, 0.2) is 29.8 Å². The Morgan fingerprint density at radius 1 is 1.44 bits per heavy atom. The third kappa shape index (κ3) is 1.82. The summed E-state index contributed by atoms with van der Waals surface area (Å²) in [7, 11) is 0. The molecule has 0 aliphatic heterocycles. The molecule has 0 atom stereocenters. The van der Waals surface area contributed by atoms with Gasteiger partial charge in [0.1, 0.15) is 0 Å². The van der Waals surface area contributed by atoms with Crippen LogP contribution in [0.5, 0.6) is 0 Å². The molecule has 0 saturated carbocycles. The number of rotatable bonds is 1. The molecule has 1 heterocycles. The summed E-state index contributed by atoms with van der Waals surface area (Å²) < 4.78 is 0. The van der Waals surface area contributed by atoms with Gasteiger partial charge in [-0.1, -0.05) is 18.7 Å². The lowest BCUT2D eigenvalue weighted by Crippen LogP contribution is -1.74. The molecule has 0 fully saturated rings. The summed E-state index contributed by atoms with van der Waals surface area (Å²) in [5.41, 5.74) is 0.910. The minimum Gasteiger partial charge on any atom is -0.257 e. The fourth-order valence-electron chi connectivity index (χ4n) is 0.544. The van der Waals surface area contributed by atoms with Gasteiger partial charge in [0.25, 0.3) is 0 Å². The molecule has 0 amide bonds. The Bertz CT molecular complexity index is 193. The maximum Gasteiger partial charge on any atom is 0.0637 e. The van der Waals surface area contributed by atoms with Gasteiger partial charge in [-0.2, -0.15) is 0 Å². The van der Waals surface area contributed by atoms with Gasteiger partial charge in [0.2, 0.25) is 0 Å². The van der Waals surface area contributed by atoms with Crippen LogP contribution >= 0.6 is 12.6 Å². The molecule has 0 spiro atoms. The van der Waals surface area contributed by atoms with Crippen molar-refractivity contribution in [1.82, 2.24) is 4.98 Å². The lowest BCUT2D eigenvalue weighted by Gasteiger charge is -1.85. The molecule has 0 saturated heterocycles. The van der Waals surface area contributed by atoms with Crippen molar-refractivity contribution < 1.29 is 0 Å². The number of pyridine rings is 1. The molecule has 1 rings (SSSR count). The molecule has 0 aliphatic carbocycles. The van der Waals surface area contributed by atoms with Crippen molar-refractivity contribution in [2.24, 2.45) is 0 Å². The molecular formula is C7H6NS. The first-order chi connectivity index (χ1) is 4.43. The van der Waals surface area contributed by atoms with Gasteiger partial charge in [-0.05, 0) is 18.2 Å². The van der Waals surface area contributed by atoms with Gasteiger partial charge < -0.3 is 0 Å². The molecule has 1 nitrogen and oxygen atoms in total. The van der Waals surface area contributed by atoms with Crippen molar-refractivity contribution in [2.75, 3.05) is 0 Å². The smallest absolute Gasteiger partial charge is 0.0637 e. The van der Waals surface area contributed by atoms with Crippen LogP contribution < -0.4 is 0 Å². The summed E-state index contributed by atoms with van der Waals surface area (Å²) in [5, 5.41) is 1.56. The molecule has 0 bridgehead atoms. The van der Waals surface area contributed by atoms with Crippen molar-refractivity contribution in [2.45, 2.75) is 0 Å². The molecule has 1 radical (unpaired) electrons.